The summed E-state index contributed by atoms with van der Waals surface area (Å²) >= 11 is 0. The maximum absolute atomic E-state index is 4.45. The molecule has 0 unspecified atom stereocenters. The van der Waals surface area contributed by atoms with E-state index < -0.39 is 0 Å². The molecule has 1 atom stereocenters. The lowest BCUT2D eigenvalue weighted by molar-refractivity contribution is 0.442. The van der Waals surface area contributed by atoms with Crippen LogP contribution in [0.15, 0.2) is 30.3 Å². The van der Waals surface area contributed by atoms with Crippen LogP contribution in [0.1, 0.15) is 49.3 Å². The van der Waals surface area contributed by atoms with Gasteiger partial charge in [0, 0.05) is 19.0 Å². The van der Waals surface area contributed by atoms with Crippen LogP contribution in [0.2, 0.25) is 0 Å². The van der Waals surface area contributed by atoms with Gasteiger partial charge in [0.05, 0.1) is 6.54 Å². The molecule has 1 saturated carbocycles. The molecule has 4 rings (SSSR count). The number of rotatable bonds is 6. The van der Waals surface area contributed by atoms with Crippen LogP contribution in [0.25, 0.3) is 0 Å². The lowest BCUT2D eigenvalue weighted by Crippen LogP contribution is -2.33. The average molecular weight is 310 g/mol. The van der Waals surface area contributed by atoms with Crippen LogP contribution in [-0.4, -0.2) is 20.8 Å². The van der Waals surface area contributed by atoms with Gasteiger partial charge in [-0.1, -0.05) is 36.8 Å². The normalized spacial score (nSPS) is 19.1. The molecular weight excluding hydrogens is 284 g/mol. The summed E-state index contributed by atoms with van der Waals surface area (Å²) in [6.45, 7) is 1.94. The summed E-state index contributed by atoms with van der Waals surface area (Å²) < 4.78 is 2.35. The van der Waals surface area contributed by atoms with E-state index in [1.807, 2.05) is 0 Å². The molecule has 0 saturated heterocycles. The van der Waals surface area contributed by atoms with Gasteiger partial charge in [-0.3, -0.25) is 0 Å². The molecule has 1 aromatic carbocycles. The van der Waals surface area contributed by atoms with Gasteiger partial charge in [0.1, 0.15) is 11.6 Å². The number of aryl methyl sites for hydroxylation is 1. The van der Waals surface area contributed by atoms with Crippen molar-refractivity contribution in [1.82, 2.24) is 20.1 Å². The monoisotopic (exact) mass is 310 g/mol. The highest BCUT2D eigenvalue weighted by Gasteiger charge is 2.31. The first-order valence-electron chi connectivity index (χ1n) is 9.08. The highest BCUT2D eigenvalue weighted by atomic mass is 15.3. The first-order chi connectivity index (χ1) is 11.4. The highest BCUT2D eigenvalue weighted by Crippen LogP contribution is 2.34. The molecule has 122 valence electrons. The van der Waals surface area contributed by atoms with Gasteiger partial charge in [0.25, 0.3) is 0 Å². The highest BCUT2D eigenvalue weighted by molar-refractivity contribution is 5.16. The summed E-state index contributed by atoms with van der Waals surface area (Å²) in [5, 5.41) is 12.6. The van der Waals surface area contributed by atoms with E-state index in [0.29, 0.717) is 6.04 Å². The number of fused-ring (bicyclic) bond motifs is 1. The molecule has 4 nitrogen and oxygen atoms in total. The zero-order valence-corrected chi connectivity index (χ0v) is 13.7. The van der Waals surface area contributed by atoms with Gasteiger partial charge in [0.2, 0.25) is 0 Å². The molecule has 1 aliphatic heterocycles. The number of hydrogen-bond acceptors (Lipinski definition) is 3. The van der Waals surface area contributed by atoms with E-state index in [1.54, 1.807) is 0 Å². The summed E-state index contributed by atoms with van der Waals surface area (Å²) in [5.74, 6) is 3.15. The summed E-state index contributed by atoms with van der Waals surface area (Å²) in [6.07, 6.45) is 8.76. The fourth-order valence-electron chi connectivity index (χ4n) is 3.67. The average Bonchev–Trinajstić information content (AvgIpc) is 3.39. The molecule has 1 aromatic heterocycles. The molecule has 2 heterocycles. The maximum Gasteiger partial charge on any atom is 0.147 e. The molecule has 0 radical (unpaired) electrons. The van der Waals surface area contributed by atoms with E-state index in [4.69, 9.17) is 0 Å². The van der Waals surface area contributed by atoms with E-state index in [0.717, 1.165) is 37.7 Å². The second-order valence-electron chi connectivity index (χ2n) is 7.01. The first kappa shape index (κ1) is 14.9. The standard InChI is InChI=1S/C19H26N4/c1-3-7-15(8-4-1)13-17(16-10-11-16)20-14-19-22-21-18-9-5-2-6-12-23(18)19/h1,3-4,7-8,16-17,20H,2,5-6,9-14H2/t17-/m0/s1. The van der Waals surface area contributed by atoms with Crippen molar-refractivity contribution in [1.29, 1.82) is 0 Å². The Labute approximate surface area is 138 Å². The Morgan fingerprint density at radius 1 is 1.09 bits per heavy atom. The Kier molecular flexibility index (Phi) is 4.42. The third-order valence-electron chi connectivity index (χ3n) is 5.20. The molecule has 23 heavy (non-hydrogen) atoms. The van der Waals surface area contributed by atoms with Gasteiger partial charge in [-0.25, -0.2) is 0 Å². The fraction of sp³-hybridized carbons (Fsp3) is 0.579. The first-order valence-corrected chi connectivity index (χ1v) is 9.08. The zero-order valence-electron chi connectivity index (χ0n) is 13.7. The zero-order chi connectivity index (χ0) is 15.5. The summed E-state index contributed by atoms with van der Waals surface area (Å²) in [5.41, 5.74) is 1.43. The largest absolute Gasteiger partial charge is 0.314 e. The second-order valence-corrected chi connectivity index (χ2v) is 7.01. The van der Waals surface area contributed by atoms with Gasteiger partial charge in [-0.2, -0.15) is 0 Å². The lowest BCUT2D eigenvalue weighted by Gasteiger charge is -2.18. The minimum Gasteiger partial charge on any atom is -0.314 e. The minimum absolute atomic E-state index is 0.566. The van der Waals surface area contributed by atoms with Gasteiger partial charge in [-0.15, -0.1) is 10.2 Å². The third kappa shape index (κ3) is 3.63. The molecule has 1 aliphatic carbocycles. The van der Waals surface area contributed by atoms with Crippen molar-refractivity contribution < 1.29 is 0 Å². The van der Waals surface area contributed by atoms with E-state index in [-0.39, 0.29) is 0 Å². The van der Waals surface area contributed by atoms with Crippen LogP contribution >= 0.6 is 0 Å². The van der Waals surface area contributed by atoms with Crippen LogP contribution < -0.4 is 5.32 Å². The van der Waals surface area contributed by atoms with Gasteiger partial charge >= 0.3 is 0 Å². The Bertz CT molecular complexity index is 630. The van der Waals surface area contributed by atoms with Crippen LogP contribution in [0.3, 0.4) is 0 Å². The van der Waals surface area contributed by atoms with E-state index >= 15 is 0 Å². The third-order valence-corrected chi connectivity index (χ3v) is 5.20. The predicted molar refractivity (Wildman–Crippen MR) is 91.1 cm³/mol. The second kappa shape index (κ2) is 6.83. The summed E-state index contributed by atoms with van der Waals surface area (Å²) in [7, 11) is 0. The lowest BCUT2D eigenvalue weighted by atomic mass is 10.0. The SMILES string of the molecule is c1ccc(C[C@H](NCc2nnc3n2CCCCC3)C2CC2)cc1. The van der Waals surface area contributed by atoms with Crippen molar-refractivity contribution in [3.63, 3.8) is 0 Å². The van der Waals surface area contributed by atoms with Gasteiger partial charge in [-0.05, 0) is 43.6 Å². The maximum atomic E-state index is 4.45. The number of benzene rings is 1. The predicted octanol–water partition coefficient (Wildman–Crippen LogP) is 3.12. The van der Waals surface area contributed by atoms with Gasteiger partial charge < -0.3 is 9.88 Å². The Morgan fingerprint density at radius 2 is 1.96 bits per heavy atom. The van der Waals surface area contributed by atoms with Crippen molar-refractivity contribution in [2.24, 2.45) is 5.92 Å². The van der Waals surface area contributed by atoms with Crippen LogP contribution in [0, 0.1) is 5.92 Å². The Hall–Kier alpha value is -1.68. The Balaban J connectivity index is 1.41. The minimum atomic E-state index is 0.566. The molecule has 0 amide bonds. The van der Waals surface area contributed by atoms with E-state index in [9.17, 15) is 0 Å². The molecule has 0 bridgehead atoms. The summed E-state index contributed by atoms with van der Waals surface area (Å²) in [4.78, 5) is 0. The fourth-order valence-corrected chi connectivity index (χ4v) is 3.67. The molecule has 2 aliphatic rings. The quantitative estimate of drug-likeness (QED) is 0.891. The Morgan fingerprint density at radius 3 is 2.78 bits per heavy atom. The van der Waals surface area contributed by atoms with Crippen LogP contribution in [0.4, 0.5) is 0 Å². The van der Waals surface area contributed by atoms with Crippen LogP contribution in [0.5, 0.6) is 0 Å². The molecule has 1 N–H and O–H groups in total. The van der Waals surface area contributed by atoms with E-state index in [2.05, 4.69) is 50.4 Å². The van der Waals surface area contributed by atoms with Crippen molar-refractivity contribution in [3.8, 4) is 0 Å². The summed E-state index contributed by atoms with van der Waals surface area (Å²) in [6, 6.07) is 11.4. The van der Waals surface area contributed by atoms with Crippen molar-refractivity contribution >= 4 is 0 Å². The molecule has 4 heteroatoms. The molecule has 1 fully saturated rings. The number of nitrogens with one attached hydrogen (secondary N) is 1. The molecular formula is C19H26N4. The number of hydrogen-bond donors (Lipinski definition) is 1. The molecule has 2 aromatic rings. The topological polar surface area (TPSA) is 42.7 Å². The van der Waals surface area contributed by atoms with Crippen molar-refractivity contribution in [2.75, 3.05) is 0 Å². The van der Waals surface area contributed by atoms with E-state index in [1.165, 1.54) is 43.5 Å². The van der Waals surface area contributed by atoms with Crippen molar-refractivity contribution in [3.05, 3.63) is 47.5 Å². The number of aromatic nitrogens is 3. The van der Waals surface area contributed by atoms with Crippen LogP contribution in [-0.2, 0) is 25.9 Å². The number of nitrogens with zero attached hydrogens (tertiary/aromatic N) is 3. The smallest absolute Gasteiger partial charge is 0.147 e. The molecule has 0 spiro atoms. The van der Waals surface area contributed by atoms with Gasteiger partial charge in [0.15, 0.2) is 0 Å². The van der Waals surface area contributed by atoms with Crippen molar-refractivity contribution in [2.45, 2.75) is 64.1 Å².